The smallest absolute Gasteiger partial charge is 0.308 e. The normalized spacial score (nSPS) is 11.1. The van der Waals surface area contributed by atoms with E-state index in [0.717, 1.165) is 56.4 Å². The first-order valence-electron chi connectivity index (χ1n) is 20.4. The number of esters is 2. The van der Waals surface area contributed by atoms with Crippen LogP contribution < -0.4 is 23.8 Å². The molecule has 0 heterocycles. The van der Waals surface area contributed by atoms with Crippen LogP contribution in [-0.2, 0) is 15.0 Å². The van der Waals surface area contributed by atoms with Crippen LogP contribution in [0.4, 0.5) is 17.1 Å². The van der Waals surface area contributed by atoms with E-state index in [2.05, 4.69) is 136 Å². The summed E-state index contributed by atoms with van der Waals surface area (Å²) in [6.45, 7) is 11.3. The van der Waals surface area contributed by atoms with Crippen molar-refractivity contribution in [3.05, 3.63) is 209 Å². The zero-order valence-electron chi connectivity index (χ0n) is 36.6. The van der Waals surface area contributed by atoms with Gasteiger partial charge in [-0.3, -0.25) is 9.59 Å². The van der Waals surface area contributed by atoms with Gasteiger partial charge in [-0.2, -0.15) is 0 Å². The van der Waals surface area contributed by atoms with Crippen LogP contribution in [0, 0.1) is 13.8 Å². The summed E-state index contributed by atoms with van der Waals surface area (Å²) >= 11 is 0. The van der Waals surface area contributed by atoms with Gasteiger partial charge in [-0.15, -0.1) is 0 Å². The predicted octanol–water partition coefficient (Wildman–Crippen LogP) is 13.2. The summed E-state index contributed by atoms with van der Waals surface area (Å²) in [4.78, 5) is 24.6. The van der Waals surface area contributed by atoms with Crippen molar-refractivity contribution in [2.75, 3.05) is 19.1 Å². The second-order valence-electron chi connectivity index (χ2n) is 15.5. The van der Waals surface area contributed by atoms with Gasteiger partial charge in [0.2, 0.25) is 0 Å². The Balaban J connectivity index is 0.000000256. The van der Waals surface area contributed by atoms with Gasteiger partial charge in [0, 0.05) is 36.3 Å². The number of hydrogen-bond acceptors (Lipinski definition) is 7. The molecule has 0 fully saturated rings. The van der Waals surface area contributed by atoms with E-state index in [1.807, 2.05) is 72.8 Å². The van der Waals surface area contributed by atoms with Crippen molar-refractivity contribution < 1.29 is 28.5 Å². The maximum Gasteiger partial charge on any atom is 0.308 e. The third kappa shape index (κ3) is 11.5. The van der Waals surface area contributed by atoms with Gasteiger partial charge in [-0.25, -0.2) is 0 Å². The highest BCUT2D eigenvalue weighted by molar-refractivity contribution is 5.92. The van der Waals surface area contributed by atoms with Crippen LogP contribution in [0.3, 0.4) is 0 Å². The summed E-state index contributed by atoms with van der Waals surface area (Å²) in [5.74, 6) is 2.09. The lowest BCUT2D eigenvalue weighted by atomic mass is 9.78. The molecule has 0 atom stereocenters. The van der Waals surface area contributed by atoms with E-state index in [1.54, 1.807) is 14.2 Å². The van der Waals surface area contributed by atoms with E-state index in [0.29, 0.717) is 11.5 Å². The maximum absolute atomic E-state index is 11.4. The average molecular weight is 824 g/mol. The SMILES string of the molecule is COc1ccc(C(=Cc2ccc(N(c3ccc(C)cc3)c3ccc(C)cc3)cc2)c2ccc(OC(C)=O)cc2)cc1.COc1ccc(C(C)(C)c2ccc(OC(C)=O)cc2)cc1. The Morgan fingerprint density at radius 2 is 0.774 bits per heavy atom. The highest BCUT2D eigenvalue weighted by Gasteiger charge is 2.23. The van der Waals surface area contributed by atoms with Crippen LogP contribution >= 0.6 is 0 Å². The fraction of sp³-hybridized carbons (Fsp3) is 0.164. The van der Waals surface area contributed by atoms with Crippen molar-refractivity contribution in [1.82, 2.24) is 0 Å². The molecule has 0 N–H and O–H groups in total. The molecule has 62 heavy (non-hydrogen) atoms. The summed E-state index contributed by atoms with van der Waals surface area (Å²) in [7, 11) is 3.32. The standard InChI is InChI=1S/C37H33NO3.C18H20O3/c1-26-5-15-32(16-6-26)38(33-17-7-27(2)8-18-33)34-19-9-29(10-20-34)25-37(30-11-21-35(40-4)22-12-30)31-13-23-36(24-14-31)41-28(3)39;1-13(19)21-17-11-7-15(8-12-17)18(2,3)14-5-9-16(20-4)10-6-14/h5-25H,1-4H3;5-12H,1-4H3. The molecule has 0 aliphatic rings. The van der Waals surface area contributed by atoms with Gasteiger partial charge in [0.15, 0.2) is 0 Å². The molecule has 0 aliphatic carbocycles. The fourth-order valence-corrected chi connectivity index (χ4v) is 6.97. The zero-order chi connectivity index (χ0) is 44.2. The molecular weight excluding hydrogens is 771 g/mol. The van der Waals surface area contributed by atoms with Crippen LogP contribution in [0.5, 0.6) is 23.0 Å². The molecule has 0 saturated heterocycles. The van der Waals surface area contributed by atoms with E-state index >= 15 is 0 Å². The van der Waals surface area contributed by atoms with Crippen LogP contribution in [0.1, 0.15) is 66.6 Å². The Morgan fingerprint density at radius 3 is 1.13 bits per heavy atom. The number of nitrogens with zero attached hydrogens (tertiary/aromatic N) is 1. The third-order valence-electron chi connectivity index (χ3n) is 10.5. The molecule has 7 rings (SSSR count). The number of ether oxygens (including phenoxy) is 4. The van der Waals surface area contributed by atoms with E-state index in [4.69, 9.17) is 18.9 Å². The van der Waals surface area contributed by atoms with Crippen molar-refractivity contribution in [1.29, 1.82) is 0 Å². The monoisotopic (exact) mass is 823 g/mol. The maximum atomic E-state index is 11.4. The predicted molar refractivity (Wildman–Crippen MR) is 251 cm³/mol. The minimum atomic E-state index is -0.339. The molecule has 0 aliphatic heterocycles. The van der Waals surface area contributed by atoms with Crippen LogP contribution in [-0.4, -0.2) is 26.2 Å². The number of anilines is 3. The van der Waals surface area contributed by atoms with Gasteiger partial charge in [0.05, 0.1) is 14.2 Å². The second-order valence-corrected chi connectivity index (χ2v) is 15.5. The molecule has 0 radical (unpaired) electrons. The molecule has 0 amide bonds. The van der Waals surface area contributed by atoms with Gasteiger partial charge in [0.1, 0.15) is 23.0 Å². The van der Waals surface area contributed by atoms with E-state index < -0.39 is 0 Å². The third-order valence-corrected chi connectivity index (χ3v) is 10.5. The number of carbonyl (C=O) groups excluding carboxylic acids is 2. The molecule has 0 saturated carbocycles. The van der Waals surface area contributed by atoms with Crippen molar-refractivity contribution in [2.45, 2.75) is 47.0 Å². The fourth-order valence-electron chi connectivity index (χ4n) is 6.97. The summed E-state index contributed by atoms with van der Waals surface area (Å²) in [5, 5.41) is 0. The lowest BCUT2D eigenvalue weighted by Crippen LogP contribution is -2.18. The summed E-state index contributed by atoms with van der Waals surface area (Å²) in [6, 6.07) is 57.1. The van der Waals surface area contributed by atoms with Crippen molar-refractivity contribution in [3.8, 4) is 23.0 Å². The Bertz CT molecular complexity index is 2530. The molecule has 314 valence electrons. The lowest BCUT2D eigenvalue weighted by molar-refractivity contribution is -0.132. The highest BCUT2D eigenvalue weighted by atomic mass is 16.5. The summed E-state index contributed by atoms with van der Waals surface area (Å²) in [5.41, 5.74) is 12.1. The molecule has 7 aromatic rings. The Morgan fingerprint density at radius 1 is 0.452 bits per heavy atom. The van der Waals surface area contributed by atoms with Crippen LogP contribution in [0.15, 0.2) is 170 Å². The van der Waals surface area contributed by atoms with Gasteiger partial charge in [-0.1, -0.05) is 110 Å². The average Bonchev–Trinajstić information content (AvgIpc) is 3.28. The minimum absolute atomic E-state index is 0.138. The number of methoxy groups -OCH3 is 2. The molecule has 7 heteroatoms. The van der Waals surface area contributed by atoms with Crippen LogP contribution in [0.2, 0.25) is 0 Å². The first-order chi connectivity index (χ1) is 29.8. The molecule has 0 aromatic heterocycles. The quantitative estimate of drug-likeness (QED) is 0.0690. The van der Waals surface area contributed by atoms with Gasteiger partial charge >= 0.3 is 11.9 Å². The Hall–Kier alpha value is -7.38. The molecule has 0 unspecified atom stereocenters. The highest BCUT2D eigenvalue weighted by Crippen LogP contribution is 2.37. The van der Waals surface area contributed by atoms with Crippen molar-refractivity contribution >= 4 is 40.6 Å². The molecule has 0 bridgehead atoms. The first-order valence-corrected chi connectivity index (χ1v) is 20.4. The van der Waals surface area contributed by atoms with Gasteiger partial charge in [-0.05, 0) is 138 Å². The molecule has 7 nitrogen and oxygen atoms in total. The van der Waals surface area contributed by atoms with E-state index in [9.17, 15) is 9.59 Å². The number of aryl methyl sites for hydroxylation is 2. The molecular formula is C55H53NO6. The summed E-state index contributed by atoms with van der Waals surface area (Å²) < 4.78 is 20.9. The van der Waals surface area contributed by atoms with E-state index in [-0.39, 0.29) is 17.4 Å². The number of hydrogen-bond donors (Lipinski definition) is 0. The first kappa shape index (κ1) is 44.2. The molecule has 0 spiro atoms. The van der Waals surface area contributed by atoms with Gasteiger partial charge in [0.25, 0.3) is 0 Å². The number of benzene rings is 7. The summed E-state index contributed by atoms with van der Waals surface area (Å²) in [6.07, 6.45) is 2.18. The van der Waals surface area contributed by atoms with Crippen molar-refractivity contribution in [2.24, 2.45) is 0 Å². The Labute approximate surface area is 365 Å². The topological polar surface area (TPSA) is 74.3 Å². The van der Waals surface area contributed by atoms with Crippen molar-refractivity contribution in [3.63, 3.8) is 0 Å². The van der Waals surface area contributed by atoms with E-state index in [1.165, 1.54) is 30.5 Å². The zero-order valence-corrected chi connectivity index (χ0v) is 36.6. The second kappa shape index (κ2) is 20.3. The number of rotatable bonds is 12. The molecule has 7 aromatic carbocycles. The minimum Gasteiger partial charge on any atom is -0.497 e. The van der Waals surface area contributed by atoms with Crippen LogP contribution in [0.25, 0.3) is 11.6 Å². The Kier molecular flexibility index (Phi) is 14.4. The lowest BCUT2D eigenvalue weighted by Gasteiger charge is -2.26. The largest absolute Gasteiger partial charge is 0.497 e. The van der Waals surface area contributed by atoms with Gasteiger partial charge < -0.3 is 23.8 Å². The number of carbonyl (C=O) groups is 2.